The summed E-state index contributed by atoms with van der Waals surface area (Å²) in [6.07, 6.45) is 6.94. The second-order valence-electron chi connectivity index (χ2n) is 3.97. The Morgan fingerprint density at radius 2 is 1.94 bits per heavy atom. The zero-order valence-corrected chi connectivity index (χ0v) is 10.2. The lowest BCUT2D eigenvalue weighted by molar-refractivity contribution is 0.305. The molecular weight excluding hydrogens is 210 g/mol. The van der Waals surface area contributed by atoms with E-state index in [2.05, 4.69) is 12.6 Å². The summed E-state index contributed by atoms with van der Waals surface area (Å²) in [6, 6.07) is 9.86. The number of allylic oxidation sites excluding steroid dienone is 1. The molecule has 0 fully saturated rings. The van der Waals surface area contributed by atoms with Gasteiger partial charge in [-0.2, -0.15) is 5.26 Å². The van der Waals surface area contributed by atoms with Crippen molar-refractivity contribution in [3.8, 4) is 11.8 Å². The Morgan fingerprint density at radius 1 is 1.18 bits per heavy atom. The fourth-order valence-electron chi connectivity index (χ4n) is 1.55. The zero-order chi connectivity index (χ0) is 12.3. The quantitative estimate of drug-likeness (QED) is 0.500. The van der Waals surface area contributed by atoms with E-state index >= 15 is 0 Å². The van der Waals surface area contributed by atoms with Crippen molar-refractivity contribution in [2.75, 3.05) is 6.61 Å². The van der Waals surface area contributed by atoms with Crippen LogP contribution in [0.25, 0.3) is 0 Å². The normalized spacial score (nSPS) is 9.59. The summed E-state index contributed by atoms with van der Waals surface area (Å²) < 4.78 is 5.61. The minimum Gasteiger partial charge on any atom is -0.494 e. The SMILES string of the molecule is C=CCCCCCOc1ccc(CC#N)cc1. The first-order valence-electron chi connectivity index (χ1n) is 6.06. The third kappa shape index (κ3) is 5.77. The van der Waals surface area contributed by atoms with E-state index < -0.39 is 0 Å². The summed E-state index contributed by atoms with van der Waals surface area (Å²) >= 11 is 0. The van der Waals surface area contributed by atoms with Crippen molar-refractivity contribution in [1.82, 2.24) is 0 Å². The lowest BCUT2D eigenvalue weighted by Crippen LogP contribution is -1.97. The van der Waals surface area contributed by atoms with Crippen LogP contribution >= 0.6 is 0 Å². The Morgan fingerprint density at radius 3 is 2.59 bits per heavy atom. The third-order valence-electron chi connectivity index (χ3n) is 2.53. The first-order chi connectivity index (χ1) is 8.36. The highest BCUT2D eigenvalue weighted by molar-refractivity contribution is 5.28. The van der Waals surface area contributed by atoms with Crippen LogP contribution in [0.1, 0.15) is 31.2 Å². The molecule has 0 aliphatic heterocycles. The predicted octanol–water partition coefficient (Wildman–Crippen LogP) is 3.88. The number of benzene rings is 1. The topological polar surface area (TPSA) is 33.0 Å². The molecule has 0 saturated carbocycles. The molecule has 1 aromatic carbocycles. The first-order valence-corrected chi connectivity index (χ1v) is 6.06. The number of unbranched alkanes of at least 4 members (excludes halogenated alkanes) is 3. The molecule has 90 valence electrons. The van der Waals surface area contributed by atoms with Crippen LogP contribution in [0.4, 0.5) is 0 Å². The molecule has 0 radical (unpaired) electrons. The maximum Gasteiger partial charge on any atom is 0.119 e. The average Bonchev–Trinajstić information content (AvgIpc) is 2.36. The van der Waals surface area contributed by atoms with Crippen molar-refractivity contribution in [1.29, 1.82) is 5.26 Å². The first kappa shape index (κ1) is 13.3. The van der Waals surface area contributed by atoms with Crippen molar-refractivity contribution >= 4 is 0 Å². The van der Waals surface area contributed by atoms with Crippen molar-refractivity contribution in [2.24, 2.45) is 0 Å². The van der Waals surface area contributed by atoms with E-state index in [4.69, 9.17) is 10.00 Å². The number of nitriles is 1. The zero-order valence-electron chi connectivity index (χ0n) is 10.2. The summed E-state index contributed by atoms with van der Waals surface area (Å²) in [6.45, 7) is 4.45. The van der Waals surface area contributed by atoms with Crippen molar-refractivity contribution in [3.63, 3.8) is 0 Å². The Kier molecular flexibility index (Phi) is 6.59. The highest BCUT2D eigenvalue weighted by Gasteiger charge is 1.95. The van der Waals surface area contributed by atoms with Gasteiger partial charge in [0.15, 0.2) is 0 Å². The summed E-state index contributed by atoms with van der Waals surface area (Å²) in [5.41, 5.74) is 1.03. The molecule has 17 heavy (non-hydrogen) atoms. The maximum atomic E-state index is 8.54. The van der Waals surface area contributed by atoms with Crippen molar-refractivity contribution < 1.29 is 4.74 Å². The lowest BCUT2D eigenvalue weighted by Gasteiger charge is -2.06. The molecule has 0 unspecified atom stereocenters. The molecule has 2 nitrogen and oxygen atoms in total. The Bertz CT molecular complexity index is 362. The van der Waals surface area contributed by atoms with E-state index in [1.165, 1.54) is 12.8 Å². The van der Waals surface area contributed by atoms with Gasteiger partial charge in [0.25, 0.3) is 0 Å². The largest absolute Gasteiger partial charge is 0.494 e. The molecule has 1 rings (SSSR count). The van der Waals surface area contributed by atoms with Crippen molar-refractivity contribution in [2.45, 2.75) is 32.1 Å². The van der Waals surface area contributed by atoms with E-state index in [1.54, 1.807) is 0 Å². The molecule has 1 aromatic rings. The van der Waals surface area contributed by atoms with Crippen molar-refractivity contribution in [3.05, 3.63) is 42.5 Å². The number of ether oxygens (including phenoxy) is 1. The molecule has 0 aromatic heterocycles. The fraction of sp³-hybridized carbons (Fsp3) is 0.400. The molecule has 0 N–H and O–H groups in total. The number of rotatable bonds is 8. The summed E-state index contributed by atoms with van der Waals surface area (Å²) in [7, 11) is 0. The monoisotopic (exact) mass is 229 g/mol. The van der Waals surface area contributed by atoms with Gasteiger partial charge < -0.3 is 4.74 Å². The number of hydrogen-bond acceptors (Lipinski definition) is 2. The summed E-state index contributed by atoms with van der Waals surface area (Å²) in [5, 5.41) is 8.54. The number of hydrogen-bond donors (Lipinski definition) is 0. The molecule has 0 bridgehead atoms. The van der Waals surface area contributed by atoms with Crippen LogP contribution in [0.3, 0.4) is 0 Å². The Balaban J connectivity index is 2.19. The van der Waals surface area contributed by atoms with Gasteiger partial charge in [0, 0.05) is 0 Å². The van der Waals surface area contributed by atoms with E-state index in [-0.39, 0.29) is 0 Å². The van der Waals surface area contributed by atoms with Gasteiger partial charge in [-0.15, -0.1) is 6.58 Å². The summed E-state index contributed by atoms with van der Waals surface area (Å²) in [5.74, 6) is 0.885. The third-order valence-corrected chi connectivity index (χ3v) is 2.53. The molecule has 0 aliphatic carbocycles. The van der Waals surface area contributed by atoms with Gasteiger partial charge in [0.2, 0.25) is 0 Å². The van der Waals surface area contributed by atoms with Crippen LogP contribution in [0.2, 0.25) is 0 Å². The van der Waals surface area contributed by atoms with Crippen LogP contribution in [-0.4, -0.2) is 6.61 Å². The second kappa shape index (κ2) is 8.41. The molecule has 0 aliphatic rings. The standard InChI is InChI=1S/C15H19NO/c1-2-3-4-5-6-13-17-15-9-7-14(8-10-15)11-12-16/h2,7-10H,1,3-6,11,13H2. The Hall–Kier alpha value is -1.75. The Labute approximate surface area is 104 Å². The summed E-state index contributed by atoms with van der Waals surface area (Å²) in [4.78, 5) is 0. The van der Waals surface area contributed by atoms with Crippen LogP contribution in [0, 0.1) is 11.3 Å². The van der Waals surface area contributed by atoms with E-state index in [1.807, 2.05) is 30.3 Å². The van der Waals surface area contributed by atoms with Gasteiger partial charge in [-0.3, -0.25) is 0 Å². The van der Waals surface area contributed by atoms with Crippen LogP contribution in [-0.2, 0) is 6.42 Å². The second-order valence-corrected chi connectivity index (χ2v) is 3.97. The fourth-order valence-corrected chi connectivity index (χ4v) is 1.55. The van der Waals surface area contributed by atoms with Gasteiger partial charge in [-0.25, -0.2) is 0 Å². The molecule has 0 spiro atoms. The highest BCUT2D eigenvalue weighted by atomic mass is 16.5. The average molecular weight is 229 g/mol. The molecular formula is C15H19NO. The van der Waals surface area contributed by atoms with Gasteiger partial charge in [0.1, 0.15) is 5.75 Å². The van der Waals surface area contributed by atoms with Crippen LogP contribution in [0.15, 0.2) is 36.9 Å². The van der Waals surface area contributed by atoms with E-state index in [0.717, 1.165) is 30.8 Å². The minimum atomic E-state index is 0.460. The van der Waals surface area contributed by atoms with Crippen LogP contribution in [0.5, 0.6) is 5.75 Å². The molecule has 2 heteroatoms. The molecule has 0 atom stereocenters. The molecule has 0 amide bonds. The number of nitrogens with zero attached hydrogens (tertiary/aromatic N) is 1. The lowest BCUT2D eigenvalue weighted by atomic mass is 10.1. The minimum absolute atomic E-state index is 0.460. The van der Waals surface area contributed by atoms with Gasteiger partial charge in [-0.1, -0.05) is 18.2 Å². The predicted molar refractivity (Wildman–Crippen MR) is 69.9 cm³/mol. The van der Waals surface area contributed by atoms with Gasteiger partial charge in [-0.05, 0) is 43.4 Å². The van der Waals surface area contributed by atoms with Gasteiger partial charge >= 0.3 is 0 Å². The van der Waals surface area contributed by atoms with Crippen LogP contribution < -0.4 is 4.74 Å². The molecule has 0 saturated heterocycles. The van der Waals surface area contributed by atoms with E-state index in [9.17, 15) is 0 Å². The highest BCUT2D eigenvalue weighted by Crippen LogP contribution is 2.13. The smallest absolute Gasteiger partial charge is 0.119 e. The van der Waals surface area contributed by atoms with E-state index in [0.29, 0.717) is 6.42 Å². The van der Waals surface area contributed by atoms with Gasteiger partial charge in [0.05, 0.1) is 19.1 Å². The molecule has 0 heterocycles. The maximum absolute atomic E-state index is 8.54.